The molecule has 0 spiro atoms. The van der Waals surface area contributed by atoms with Crippen molar-refractivity contribution in [1.29, 1.82) is 0 Å². The number of methoxy groups -OCH3 is 1. The number of aliphatic hydroxyl groups is 1. The lowest BCUT2D eigenvalue weighted by Gasteiger charge is -2.26. The maximum atomic E-state index is 13.4. The summed E-state index contributed by atoms with van der Waals surface area (Å²) in [5, 5.41) is 21.6. The molecule has 0 aromatic heterocycles. The maximum Gasteiger partial charge on any atom is 0.295 e. The number of hydrogen-bond acceptors (Lipinski definition) is 7. The number of carbonyl (C=O) groups excluding carboxylic acids is 2. The molecule has 3 aromatic carbocycles. The summed E-state index contributed by atoms with van der Waals surface area (Å²) >= 11 is 0. The van der Waals surface area contributed by atoms with Crippen molar-refractivity contribution in [3.8, 4) is 23.0 Å². The zero-order chi connectivity index (χ0) is 27.2. The molecule has 198 valence electrons. The molecular weight excluding hydrogens is 486 g/mol. The largest absolute Gasteiger partial charge is 0.507 e. The van der Waals surface area contributed by atoms with Gasteiger partial charge in [0.15, 0.2) is 11.5 Å². The van der Waals surface area contributed by atoms with E-state index in [1.54, 1.807) is 68.6 Å². The molecular formula is C30H31NO7. The summed E-state index contributed by atoms with van der Waals surface area (Å²) in [6, 6.07) is 17.6. The summed E-state index contributed by atoms with van der Waals surface area (Å²) in [5.41, 5.74) is 1.59. The number of nitrogens with zero attached hydrogens (tertiary/aromatic N) is 1. The minimum Gasteiger partial charge on any atom is -0.507 e. The van der Waals surface area contributed by atoms with Gasteiger partial charge in [0.25, 0.3) is 11.7 Å². The number of carbonyl (C=O) groups is 2. The van der Waals surface area contributed by atoms with E-state index in [-0.39, 0.29) is 29.4 Å². The summed E-state index contributed by atoms with van der Waals surface area (Å²) in [6.07, 6.45) is 0.856. The van der Waals surface area contributed by atoms with E-state index in [4.69, 9.17) is 14.2 Å². The number of aromatic hydroxyl groups is 1. The molecule has 8 heteroatoms. The maximum absolute atomic E-state index is 13.4. The predicted octanol–water partition coefficient (Wildman–Crippen LogP) is 5.21. The van der Waals surface area contributed by atoms with E-state index in [0.717, 1.165) is 12.0 Å². The third kappa shape index (κ3) is 5.44. The molecule has 1 fully saturated rings. The van der Waals surface area contributed by atoms with Gasteiger partial charge in [0.2, 0.25) is 0 Å². The third-order valence-electron chi connectivity index (χ3n) is 6.23. The number of likely N-dealkylation sites (tertiary alicyclic amines) is 1. The molecule has 4 rings (SSSR count). The lowest BCUT2D eigenvalue weighted by Crippen LogP contribution is -2.29. The lowest BCUT2D eigenvalue weighted by atomic mass is 9.94. The first-order valence-corrected chi connectivity index (χ1v) is 12.5. The first-order chi connectivity index (χ1) is 18.4. The highest BCUT2D eigenvalue weighted by atomic mass is 16.5. The molecule has 0 aliphatic carbocycles. The molecule has 38 heavy (non-hydrogen) atoms. The highest BCUT2D eigenvalue weighted by Crippen LogP contribution is 2.42. The Labute approximate surface area is 221 Å². The van der Waals surface area contributed by atoms with E-state index in [0.29, 0.717) is 35.8 Å². The molecule has 1 saturated heterocycles. The van der Waals surface area contributed by atoms with Crippen molar-refractivity contribution in [3.05, 3.63) is 89.0 Å². The van der Waals surface area contributed by atoms with E-state index in [1.807, 2.05) is 13.0 Å². The molecule has 8 nitrogen and oxygen atoms in total. The van der Waals surface area contributed by atoms with Gasteiger partial charge in [-0.15, -0.1) is 0 Å². The average molecular weight is 518 g/mol. The number of benzene rings is 3. The second kappa shape index (κ2) is 11.7. The quantitative estimate of drug-likeness (QED) is 0.216. The molecule has 0 saturated carbocycles. The number of Topliss-reactive ketones (excluding diaryl/α,β-unsaturated/α-hetero) is 1. The van der Waals surface area contributed by atoms with E-state index >= 15 is 0 Å². The fraction of sp³-hybridized carbons (Fsp3) is 0.267. The van der Waals surface area contributed by atoms with E-state index in [2.05, 4.69) is 0 Å². The van der Waals surface area contributed by atoms with Crippen LogP contribution >= 0.6 is 0 Å². The SMILES string of the molecule is CCCOc1ccc(/C(O)=C2/C(=O)C(=O)N(Cc3cccc(OC)c3)C2c2ccc(O)c(OCC)c2)cc1. The van der Waals surface area contributed by atoms with Gasteiger partial charge in [-0.2, -0.15) is 0 Å². The number of rotatable bonds is 10. The normalized spacial score (nSPS) is 16.5. The topological polar surface area (TPSA) is 106 Å². The van der Waals surface area contributed by atoms with Crippen LogP contribution < -0.4 is 14.2 Å². The van der Waals surface area contributed by atoms with E-state index < -0.39 is 17.7 Å². The van der Waals surface area contributed by atoms with Crippen molar-refractivity contribution < 1.29 is 34.0 Å². The molecule has 0 bridgehead atoms. The van der Waals surface area contributed by atoms with Crippen molar-refractivity contribution >= 4 is 17.4 Å². The Hall–Kier alpha value is -4.46. The summed E-state index contributed by atoms with van der Waals surface area (Å²) in [4.78, 5) is 28.1. The highest BCUT2D eigenvalue weighted by Gasteiger charge is 2.46. The Bertz CT molecular complexity index is 1350. The first kappa shape index (κ1) is 26.6. The Morgan fingerprint density at radius 1 is 0.947 bits per heavy atom. The minimum absolute atomic E-state index is 0.0479. The first-order valence-electron chi connectivity index (χ1n) is 12.5. The van der Waals surface area contributed by atoms with Crippen LogP contribution in [0.4, 0.5) is 0 Å². The van der Waals surface area contributed by atoms with Gasteiger partial charge in [-0.05, 0) is 73.0 Å². The van der Waals surface area contributed by atoms with Gasteiger partial charge in [-0.3, -0.25) is 9.59 Å². The van der Waals surface area contributed by atoms with Gasteiger partial charge in [0.05, 0.1) is 31.9 Å². The van der Waals surface area contributed by atoms with Crippen molar-refractivity contribution in [2.45, 2.75) is 32.9 Å². The monoisotopic (exact) mass is 517 g/mol. The fourth-order valence-electron chi connectivity index (χ4n) is 4.41. The summed E-state index contributed by atoms with van der Waals surface area (Å²) in [7, 11) is 1.55. The van der Waals surface area contributed by atoms with Gasteiger partial charge in [-0.1, -0.05) is 25.1 Å². The number of hydrogen-bond donors (Lipinski definition) is 2. The van der Waals surface area contributed by atoms with Crippen molar-refractivity contribution in [2.24, 2.45) is 0 Å². The van der Waals surface area contributed by atoms with Gasteiger partial charge in [-0.25, -0.2) is 0 Å². The summed E-state index contributed by atoms with van der Waals surface area (Å²) in [6.45, 7) is 4.76. The molecule has 1 unspecified atom stereocenters. The van der Waals surface area contributed by atoms with Crippen LogP contribution in [0.5, 0.6) is 23.0 Å². The van der Waals surface area contributed by atoms with Crippen molar-refractivity contribution in [2.75, 3.05) is 20.3 Å². The van der Waals surface area contributed by atoms with Crippen LogP contribution in [0, 0.1) is 0 Å². The number of ether oxygens (including phenoxy) is 3. The standard InChI is InChI=1S/C30H31NO7/c1-4-15-38-22-12-9-20(10-13-22)28(33)26-27(21-11-14-24(32)25(17-21)37-5-2)31(30(35)29(26)34)18-19-7-6-8-23(16-19)36-3/h6-14,16-17,27,32-33H,4-5,15,18H2,1-3H3/b28-26-. The molecule has 1 aliphatic rings. The number of phenols is 1. The molecule has 1 aliphatic heterocycles. The molecule has 1 amide bonds. The summed E-state index contributed by atoms with van der Waals surface area (Å²) in [5.74, 6) is -0.435. The Morgan fingerprint density at radius 3 is 2.39 bits per heavy atom. The van der Waals surface area contributed by atoms with Crippen LogP contribution in [0.1, 0.15) is 43.0 Å². The molecule has 1 heterocycles. The Morgan fingerprint density at radius 2 is 1.71 bits per heavy atom. The number of phenolic OH excluding ortho intramolecular Hbond substituents is 1. The molecule has 0 radical (unpaired) electrons. The van der Waals surface area contributed by atoms with E-state index in [9.17, 15) is 19.8 Å². The molecule has 2 N–H and O–H groups in total. The second-order valence-electron chi connectivity index (χ2n) is 8.81. The predicted molar refractivity (Wildman–Crippen MR) is 142 cm³/mol. The fourth-order valence-corrected chi connectivity index (χ4v) is 4.41. The number of amides is 1. The van der Waals surface area contributed by atoms with Crippen molar-refractivity contribution in [1.82, 2.24) is 4.90 Å². The van der Waals surface area contributed by atoms with Gasteiger partial charge >= 0.3 is 0 Å². The van der Waals surface area contributed by atoms with Crippen LogP contribution in [0.3, 0.4) is 0 Å². The van der Waals surface area contributed by atoms with Crippen LogP contribution in [0.2, 0.25) is 0 Å². The van der Waals surface area contributed by atoms with E-state index in [1.165, 1.54) is 11.0 Å². The zero-order valence-electron chi connectivity index (χ0n) is 21.6. The Kier molecular flexibility index (Phi) is 8.21. The second-order valence-corrected chi connectivity index (χ2v) is 8.81. The lowest BCUT2D eigenvalue weighted by molar-refractivity contribution is -0.140. The molecule has 3 aromatic rings. The van der Waals surface area contributed by atoms with Crippen LogP contribution in [-0.2, 0) is 16.1 Å². The summed E-state index contributed by atoms with van der Waals surface area (Å²) < 4.78 is 16.5. The Balaban J connectivity index is 1.82. The van der Waals surface area contributed by atoms with Crippen LogP contribution in [0.25, 0.3) is 5.76 Å². The average Bonchev–Trinajstić information content (AvgIpc) is 3.18. The van der Waals surface area contributed by atoms with Gasteiger partial charge in [0, 0.05) is 12.1 Å². The highest BCUT2D eigenvalue weighted by molar-refractivity contribution is 6.46. The third-order valence-corrected chi connectivity index (χ3v) is 6.23. The zero-order valence-corrected chi connectivity index (χ0v) is 21.6. The number of ketones is 1. The molecule has 1 atom stereocenters. The number of aliphatic hydroxyl groups excluding tert-OH is 1. The van der Waals surface area contributed by atoms with Gasteiger partial charge in [0.1, 0.15) is 17.3 Å². The van der Waals surface area contributed by atoms with Crippen molar-refractivity contribution in [3.63, 3.8) is 0 Å². The van der Waals surface area contributed by atoms with Crippen LogP contribution in [-0.4, -0.2) is 47.1 Å². The van der Waals surface area contributed by atoms with Gasteiger partial charge < -0.3 is 29.3 Å². The van der Waals surface area contributed by atoms with Crippen LogP contribution in [0.15, 0.2) is 72.3 Å². The smallest absolute Gasteiger partial charge is 0.295 e. The minimum atomic E-state index is -0.919.